The Hall–Kier alpha value is -1.78. The number of benzene rings is 1. The van der Waals surface area contributed by atoms with Gasteiger partial charge in [-0.1, -0.05) is 12.1 Å². The number of fused-ring (bicyclic) bond motifs is 1. The first-order valence-corrected chi connectivity index (χ1v) is 7.06. The van der Waals surface area contributed by atoms with Crippen LogP contribution in [0.1, 0.15) is 28.0 Å². The Morgan fingerprint density at radius 3 is 2.63 bits per heavy atom. The normalized spacial score (nSPS) is 12.8. The van der Waals surface area contributed by atoms with E-state index in [-0.39, 0.29) is 6.04 Å². The molecule has 2 aromatic heterocycles. The van der Waals surface area contributed by atoms with E-state index in [9.17, 15) is 0 Å². The van der Waals surface area contributed by atoms with Crippen molar-refractivity contribution < 1.29 is 0 Å². The number of hydrogen-bond acceptors (Lipinski definition) is 4. The summed E-state index contributed by atoms with van der Waals surface area (Å²) in [6, 6.07) is 10.1. The molecule has 1 aromatic carbocycles. The van der Waals surface area contributed by atoms with E-state index in [0.717, 1.165) is 32.9 Å². The molecular formula is C15H15N3S. The molecule has 0 fully saturated rings. The molecule has 1 unspecified atom stereocenters. The first-order valence-electron chi connectivity index (χ1n) is 6.18. The quantitative estimate of drug-likeness (QED) is 0.776. The lowest BCUT2D eigenvalue weighted by molar-refractivity contribution is 0.854. The number of nitrogens with zero attached hydrogens (tertiary/aromatic N) is 2. The van der Waals surface area contributed by atoms with Crippen LogP contribution in [0.5, 0.6) is 0 Å². The fraction of sp³-hybridized carbons (Fsp3) is 0.200. The lowest BCUT2D eigenvalue weighted by atomic mass is 10.0. The Labute approximate surface area is 116 Å². The van der Waals surface area contributed by atoms with E-state index in [1.807, 2.05) is 37.4 Å². The van der Waals surface area contributed by atoms with Gasteiger partial charge in [-0.05, 0) is 37.6 Å². The first kappa shape index (κ1) is 12.3. The van der Waals surface area contributed by atoms with Crippen LogP contribution in [0.3, 0.4) is 0 Å². The molecule has 0 aliphatic heterocycles. The van der Waals surface area contributed by atoms with Crippen molar-refractivity contribution in [3.8, 4) is 0 Å². The lowest BCUT2D eigenvalue weighted by Crippen LogP contribution is -2.11. The van der Waals surface area contributed by atoms with E-state index in [4.69, 9.17) is 5.73 Å². The number of nitrogens with two attached hydrogens (primary N) is 1. The lowest BCUT2D eigenvalue weighted by Gasteiger charge is -2.10. The zero-order chi connectivity index (χ0) is 13.4. The molecule has 2 heterocycles. The fourth-order valence-corrected chi connectivity index (χ4v) is 2.92. The molecular weight excluding hydrogens is 254 g/mol. The summed E-state index contributed by atoms with van der Waals surface area (Å²) in [4.78, 5) is 8.96. The number of hydrogen-bond donors (Lipinski definition) is 1. The second kappa shape index (κ2) is 4.72. The molecule has 3 rings (SSSR count). The summed E-state index contributed by atoms with van der Waals surface area (Å²) in [5.74, 6) is 0. The van der Waals surface area contributed by atoms with Crippen LogP contribution in [0.15, 0.2) is 35.7 Å². The minimum Gasteiger partial charge on any atom is -0.318 e. The molecule has 0 aliphatic rings. The van der Waals surface area contributed by atoms with Crippen molar-refractivity contribution in [3.63, 3.8) is 0 Å². The van der Waals surface area contributed by atoms with Crippen molar-refractivity contribution >= 4 is 22.2 Å². The number of aryl methyl sites for hydroxylation is 2. The fourth-order valence-electron chi connectivity index (χ4n) is 2.10. The first-order chi connectivity index (χ1) is 9.13. The van der Waals surface area contributed by atoms with Gasteiger partial charge in [0.15, 0.2) is 0 Å². The number of pyridine rings is 1. The number of thiazole rings is 1. The van der Waals surface area contributed by atoms with Crippen LogP contribution in [0.25, 0.3) is 10.9 Å². The molecule has 0 bridgehead atoms. The van der Waals surface area contributed by atoms with Crippen LogP contribution < -0.4 is 5.73 Å². The minimum atomic E-state index is -0.163. The van der Waals surface area contributed by atoms with Gasteiger partial charge in [0.2, 0.25) is 0 Å². The molecule has 0 spiro atoms. The molecule has 0 aliphatic carbocycles. The summed E-state index contributed by atoms with van der Waals surface area (Å²) in [7, 11) is 0. The van der Waals surface area contributed by atoms with E-state index in [1.54, 1.807) is 11.3 Å². The van der Waals surface area contributed by atoms with Gasteiger partial charge in [-0.3, -0.25) is 4.98 Å². The molecule has 2 N–H and O–H groups in total. The topological polar surface area (TPSA) is 51.8 Å². The van der Waals surface area contributed by atoms with Crippen LogP contribution in [-0.4, -0.2) is 9.97 Å². The third kappa shape index (κ3) is 2.37. The molecule has 1 atom stereocenters. The SMILES string of the molecule is Cc1csc(C(N)c2ccc3nc(C)ccc3c2)n1. The Bertz CT molecular complexity index is 733. The second-order valence-electron chi connectivity index (χ2n) is 4.71. The molecule has 0 saturated heterocycles. The Morgan fingerprint density at radius 2 is 1.89 bits per heavy atom. The molecule has 3 aromatic rings. The summed E-state index contributed by atoms with van der Waals surface area (Å²) in [5.41, 5.74) is 10.4. The average Bonchev–Trinajstić information content (AvgIpc) is 2.84. The predicted octanol–water partition coefficient (Wildman–Crippen LogP) is 3.36. The van der Waals surface area contributed by atoms with Crippen molar-refractivity contribution in [2.75, 3.05) is 0 Å². The maximum Gasteiger partial charge on any atom is 0.114 e. The molecule has 4 heteroatoms. The summed E-state index contributed by atoms with van der Waals surface area (Å²) in [5, 5.41) is 4.10. The monoisotopic (exact) mass is 269 g/mol. The van der Waals surface area contributed by atoms with Gasteiger partial charge < -0.3 is 5.73 Å². The molecule has 0 amide bonds. The highest BCUT2D eigenvalue weighted by atomic mass is 32.1. The van der Waals surface area contributed by atoms with Crippen LogP contribution in [0, 0.1) is 13.8 Å². The standard InChI is InChI=1S/C15H15N3S/c1-9-3-4-11-7-12(5-6-13(11)17-9)14(16)15-18-10(2)8-19-15/h3-8,14H,16H2,1-2H3. The molecule has 0 radical (unpaired) electrons. The highest BCUT2D eigenvalue weighted by molar-refractivity contribution is 7.09. The third-order valence-electron chi connectivity index (χ3n) is 3.11. The van der Waals surface area contributed by atoms with Crippen LogP contribution in [-0.2, 0) is 0 Å². The second-order valence-corrected chi connectivity index (χ2v) is 5.60. The third-order valence-corrected chi connectivity index (χ3v) is 4.16. The van der Waals surface area contributed by atoms with E-state index in [1.165, 1.54) is 0 Å². The smallest absolute Gasteiger partial charge is 0.114 e. The van der Waals surface area contributed by atoms with E-state index < -0.39 is 0 Å². The average molecular weight is 269 g/mol. The van der Waals surface area contributed by atoms with Crippen LogP contribution in [0.2, 0.25) is 0 Å². The van der Waals surface area contributed by atoms with Gasteiger partial charge in [0.05, 0.1) is 11.6 Å². The van der Waals surface area contributed by atoms with E-state index >= 15 is 0 Å². The van der Waals surface area contributed by atoms with Crippen molar-refractivity contribution in [1.29, 1.82) is 0 Å². The van der Waals surface area contributed by atoms with Crippen molar-refractivity contribution in [2.24, 2.45) is 5.73 Å². The highest BCUT2D eigenvalue weighted by Gasteiger charge is 2.13. The molecule has 3 nitrogen and oxygen atoms in total. The zero-order valence-electron chi connectivity index (χ0n) is 10.9. The van der Waals surface area contributed by atoms with Gasteiger partial charge in [-0.2, -0.15) is 0 Å². The van der Waals surface area contributed by atoms with Gasteiger partial charge >= 0.3 is 0 Å². The number of rotatable bonds is 2. The van der Waals surface area contributed by atoms with E-state index in [0.29, 0.717) is 0 Å². The summed E-state index contributed by atoms with van der Waals surface area (Å²) >= 11 is 1.61. The van der Waals surface area contributed by atoms with E-state index in [2.05, 4.69) is 22.1 Å². The van der Waals surface area contributed by atoms with Crippen molar-refractivity contribution in [3.05, 3.63) is 57.7 Å². The minimum absolute atomic E-state index is 0.163. The van der Waals surface area contributed by atoms with Gasteiger partial charge in [0.1, 0.15) is 5.01 Å². The van der Waals surface area contributed by atoms with Crippen LogP contribution in [0.4, 0.5) is 0 Å². The number of aromatic nitrogens is 2. The van der Waals surface area contributed by atoms with Gasteiger partial charge in [0.25, 0.3) is 0 Å². The Balaban J connectivity index is 2.03. The zero-order valence-corrected chi connectivity index (χ0v) is 11.7. The van der Waals surface area contributed by atoms with Gasteiger partial charge in [0, 0.05) is 22.2 Å². The predicted molar refractivity (Wildman–Crippen MR) is 79.4 cm³/mol. The molecule has 19 heavy (non-hydrogen) atoms. The largest absolute Gasteiger partial charge is 0.318 e. The van der Waals surface area contributed by atoms with Crippen LogP contribution >= 0.6 is 11.3 Å². The van der Waals surface area contributed by atoms with Gasteiger partial charge in [-0.15, -0.1) is 11.3 Å². The maximum absolute atomic E-state index is 6.28. The van der Waals surface area contributed by atoms with Crippen molar-refractivity contribution in [1.82, 2.24) is 9.97 Å². The molecule has 0 saturated carbocycles. The molecule has 96 valence electrons. The maximum atomic E-state index is 6.28. The van der Waals surface area contributed by atoms with Gasteiger partial charge in [-0.25, -0.2) is 4.98 Å². The Morgan fingerprint density at radius 1 is 1.05 bits per heavy atom. The van der Waals surface area contributed by atoms with Crippen molar-refractivity contribution in [2.45, 2.75) is 19.9 Å². The highest BCUT2D eigenvalue weighted by Crippen LogP contribution is 2.25. The Kier molecular flexibility index (Phi) is 3.05. The summed E-state index contributed by atoms with van der Waals surface area (Å²) < 4.78 is 0. The summed E-state index contributed by atoms with van der Waals surface area (Å²) in [6.45, 7) is 3.98. The summed E-state index contributed by atoms with van der Waals surface area (Å²) in [6.07, 6.45) is 0.